The van der Waals surface area contributed by atoms with Crippen LogP contribution in [0.2, 0.25) is 0 Å². The highest BCUT2D eigenvalue weighted by atomic mass is 32.1. The van der Waals surface area contributed by atoms with E-state index < -0.39 is 5.97 Å². The number of nitrogens with zero attached hydrogens (tertiary/aromatic N) is 2. The number of aromatic nitrogens is 2. The van der Waals surface area contributed by atoms with Crippen molar-refractivity contribution in [2.45, 2.75) is 131 Å². The molecule has 0 spiro atoms. The van der Waals surface area contributed by atoms with E-state index in [4.69, 9.17) is 4.74 Å². The van der Waals surface area contributed by atoms with Crippen molar-refractivity contribution in [2.24, 2.45) is 0 Å². The largest absolute Gasteiger partial charge is 0.477 e. The maximum absolute atomic E-state index is 11.8. The zero-order chi connectivity index (χ0) is 46.9. The molecule has 10 heterocycles. The number of thiophene rings is 8. The van der Waals surface area contributed by atoms with Crippen LogP contribution in [0.15, 0.2) is 60.7 Å². The van der Waals surface area contributed by atoms with Gasteiger partial charge in [0.05, 0.1) is 40.9 Å². The Morgan fingerprint density at radius 2 is 0.897 bits per heavy atom. The van der Waals surface area contributed by atoms with Crippen molar-refractivity contribution in [3.05, 3.63) is 76.7 Å². The van der Waals surface area contributed by atoms with Gasteiger partial charge in [0, 0.05) is 61.9 Å². The molecular weight excluding hydrogens is 997 g/mol. The molecule has 356 valence electrons. The van der Waals surface area contributed by atoms with Gasteiger partial charge < -0.3 is 24.1 Å². The Kier molecular flexibility index (Phi) is 15.1. The maximum atomic E-state index is 11.8. The summed E-state index contributed by atoms with van der Waals surface area (Å²) in [7, 11) is 0. The maximum Gasteiger partial charge on any atom is 0.345 e. The van der Waals surface area contributed by atoms with Crippen LogP contribution in [0.3, 0.4) is 0 Å². The smallest absolute Gasteiger partial charge is 0.345 e. The van der Waals surface area contributed by atoms with Crippen molar-refractivity contribution in [1.82, 2.24) is 9.13 Å². The Balaban J connectivity index is 1.04. The summed E-state index contributed by atoms with van der Waals surface area (Å²) in [6.45, 7) is 10.9. The third kappa shape index (κ3) is 9.51. The average molecular weight is 1060 g/mol. The Hall–Kier alpha value is -3.57. The third-order valence-electron chi connectivity index (χ3n) is 12.9. The number of aliphatic hydroxyl groups is 1. The first-order valence-corrected chi connectivity index (χ1v) is 30.9. The molecule has 0 aliphatic heterocycles. The summed E-state index contributed by atoms with van der Waals surface area (Å²) < 4.78 is 16.1. The summed E-state index contributed by atoms with van der Waals surface area (Å²) in [5, 5.41) is 19.8. The van der Waals surface area contributed by atoms with Crippen LogP contribution in [0.25, 0.3) is 89.6 Å². The monoisotopic (exact) mass is 1050 g/mol. The molecule has 6 nitrogen and oxygen atoms in total. The summed E-state index contributed by atoms with van der Waals surface area (Å²) in [6.07, 6.45) is 16.6. The molecule has 0 radical (unpaired) electrons. The zero-order valence-corrected chi connectivity index (χ0v) is 45.7. The highest BCUT2D eigenvalue weighted by Crippen LogP contribution is 2.53. The summed E-state index contributed by atoms with van der Waals surface area (Å²) in [5.41, 5.74) is 8.27. The lowest BCUT2D eigenvalue weighted by atomic mass is 10.1. The van der Waals surface area contributed by atoms with Crippen LogP contribution in [0, 0.1) is 0 Å². The number of ether oxygens (including phenoxy) is 1. The van der Waals surface area contributed by atoms with E-state index in [1.807, 2.05) is 80.2 Å². The number of carboxylic acid groups (broad SMARTS) is 1. The molecule has 0 aliphatic carbocycles. The van der Waals surface area contributed by atoms with Gasteiger partial charge in [-0.2, -0.15) is 0 Å². The first-order valence-electron chi connectivity index (χ1n) is 24.4. The molecule has 14 heteroatoms. The fraction of sp³-hybridized carbons (Fsp3) is 0.389. The van der Waals surface area contributed by atoms with E-state index in [0.29, 0.717) is 4.88 Å². The van der Waals surface area contributed by atoms with E-state index in [1.54, 1.807) is 17.4 Å². The number of unbranched alkanes of at least 4 members (excludes halogenated alkanes) is 8. The molecule has 0 fully saturated rings. The molecule has 0 saturated carbocycles. The van der Waals surface area contributed by atoms with Gasteiger partial charge in [0.25, 0.3) is 0 Å². The fourth-order valence-electron chi connectivity index (χ4n) is 9.38. The normalized spacial score (nSPS) is 12.1. The van der Waals surface area contributed by atoms with E-state index in [0.717, 1.165) is 53.6 Å². The van der Waals surface area contributed by atoms with E-state index in [9.17, 15) is 15.0 Å². The number of aromatic carboxylic acids is 1. The first kappa shape index (κ1) is 48.1. The van der Waals surface area contributed by atoms with Crippen molar-refractivity contribution < 1.29 is 19.7 Å². The summed E-state index contributed by atoms with van der Waals surface area (Å²) in [4.78, 5) is 25.2. The van der Waals surface area contributed by atoms with Crippen molar-refractivity contribution in [3.8, 4) is 53.8 Å². The zero-order valence-electron chi connectivity index (χ0n) is 39.2. The van der Waals surface area contributed by atoms with E-state index >= 15 is 0 Å². The number of aliphatic hydroxyl groups excluding tert-OH is 1. The highest BCUT2D eigenvalue weighted by molar-refractivity contribution is 7.35. The van der Waals surface area contributed by atoms with Crippen LogP contribution < -0.4 is 4.74 Å². The predicted octanol–water partition coefficient (Wildman–Crippen LogP) is 19.6. The van der Waals surface area contributed by atoms with Gasteiger partial charge in [0.2, 0.25) is 0 Å². The van der Waals surface area contributed by atoms with Crippen molar-refractivity contribution in [2.75, 3.05) is 6.79 Å². The topological polar surface area (TPSA) is 76.6 Å². The van der Waals surface area contributed by atoms with Crippen molar-refractivity contribution in [1.29, 1.82) is 0 Å². The van der Waals surface area contributed by atoms with Crippen molar-refractivity contribution >= 4 is 138 Å². The summed E-state index contributed by atoms with van der Waals surface area (Å²) in [6, 6.07) is 22.6. The number of hydrogen-bond donors (Lipinski definition) is 2. The second-order valence-corrected chi connectivity index (χ2v) is 26.2. The quantitative estimate of drug-likeness (QED) is 0.0467. The SMILES string of the molecule is CCCCCCn1c2cc(-c3ccc(OCO)s3)sc2c2sc(-c3sc(-c4cc(CCCC)c(-c5cc6c(s5)c5sc(-c7ccc(C(=O)O)s7)cc5n6CCCCCC)s4)cc3CCCC)cc21. The van der Waals surface area contributed by atoms with Gasteiger partial charge in [-0.3, -0.25) is 0 Å². The van der Waals surface area contributed by atoms with Crippen LogP contribution in [0.4, 0.5) is 0 Å². The molecule has 0 saturated heterocycles. The van der Waals surface area contributed by atoms with E-state index in [1.165, 1.54) is 167 Å². The molecule has 2 N–H and O–H groups in total. The molecule has 0 bridgehead atoms. The lowest BCUT2D eigenvalue weighted by molar-refractivity contribution is 0.0702. The molecular formula is C54H58N2O4S8. The number of aryl methyl sites for hydroxylation is 4. The van der Waals surface area contributed by atoms with Crippen LogP contribution in [0.1, 0.15) is 126 Å². The molecule has 0 amide bonds. The molecule has 0 unspecified atom stereocenters. The lowest BCUT2D eigenvalue weighted by Gasteiger charge is -2.06. The second-order valence-electron chi connectivity index (χ2n) is 17.7. The van der Waals surface area contributed by atoms with Gasteiger partial charge in [-0.25, -0.2) is 4.79 Å². The van der Waals surface area contributed by atoms with Gasteiger partial charge in [0.1, 0.15) is 4.88 Å². The minimum absolute atomic E-state index is 0.309. The standard InChI is InChI=1S/C54H58N2O4S8/c1-5-9-13-15-23-55-34-27-43(38-19-20-40(61-38)54(58)59)65-50(34)52-36(55)29-45(67-52)48-32(17-11-7-3)25-41(63-48)42-26-33(18-12-8-4)49(64-42)46-30-37-53(68-46)51-35(56(37)24-16-14-10-6-2)28-44(66-51)39-21-22-47(62-39)60-31-57/h19-22,25-30,57H,5-18,23-24,31H2,1-4H3,(H,58,59). The van der Waals surface area contributed by atoms with E-state index in [-0.39, 0.29) is 6.79 Å². The Morgan fingerprint density at radius 1 is 0.471 bits per heavy atom. The number of rotatable bonds is 24. The molecule has 0 aromatic carbocycles. The minimum atomic E-state index is -0.860. The Bertz CT molecular complexity index is 3330. The molecule has 0 atom stereocenters. The Labute approximate surface area is 430 Å². The molecule has 10 aromatic rings. The van der Waals surface area contributed by atoms with Crippen LogP contribution in [-0.2, 0) is 25.9 Å². The molecule has 10 rings (SSSR count). The lowest BCUT2D eigenvalue weighted by Crippen LogP contribution is -1.96. The van der Waals surface area contributed by atoms with Crippen LogP contribution >= 0.6 is 90.7 Å². The molecule has 68 heavy (non-hydrogen) atoms. The number of carbonyl (C=O) groups is 1. The third-order valence-corrected chi connectivity index (χ3v) is 23.1. The van der Waals surface area contributed by atoms with Crippen LogP contribution in [0.5, 0.6) is 5.06 Å². The molecule has 0 aliphatic rings. The van der Waals surface area contributed by atoms with Crippen LogP contribution in [-0.4, -0.2) is 32.1 Å². The first-order chi connectivity index (χ1) is 33.3. The summed E-state index contributed by atoms with van der Waals surface area (Å²) in [5.74, 6) is -0.860. The number of fused-ring (bicyclic) bond motifs is 6. The number of hydrogen-bond acceptors (Lipinski definition) is 11. The Morgan fingerprint density at radius 3 is 1.34 bits per heavy atom. The summed E-state index contributed by atoms with van der Waals surface area (Å²) >= 11 is 14.6. The highest BCUT2D eigenvalue weighted by Gasteiger charge is 2.25. The predicted molar refractivity (Wildman–Crippen MR) is 303 cm³/mol. The fourth-order valence-corrected chi connectivity index (χ4v) is 18.9. The van der Waals surface area contributed by atoms with Gasteiger partial charge in [-0.15, -0.1) is 79.4 Å². The second kappa shape index (κ2) is 21.4. The van der Waals surface area contributed by atoms with Gasteiger partial charge in [-0.1, -0.05) is 90.4 Å². The van der Waals surface area contributed by atoms with Gasteiger partial charge in [-0.05, 0) is 110 Å². The van der Waals surface area contributed by atoms with E-state index in [2.05, 4.69) is 79.3 Å². The average Bonchev–Trinajstić information content (AvgIpc) is 4.17. The minimum Gasteiger partial charge on any atom is -0.477 e. The molecule has 10 aromatic heterocycles. The van der Waals surface area contributed by atoms with Gasteiger partial charge in [0.15, 0.2) is 11.9 Å². The number of carboxylic acids is 1. The van der Waals surface area contributed by atoms with Gasteiger partial charge >= 0.3 is 5.97 Å². The van der Waals surface area contributed by atoms with Crippen molar-refractivity contribution in [3.63, 3.8) is 0 Å².